The van der Waals surface area contributed by atoms with E-state index in [2.05, 4.69) is 15.5 Å². The van der Waals surface area contributed by atoms with E-state index in [9.17, 15) is 4.79 Å². The molecule has 2 N–H and O–H groups in total. The highest BCUT2D eigenvalue weighted by molar-refractivity contribution is 5.94. The zero-order valence-corrected chi connectivity index (χ0v) is 14.6. The first-order chi connectivity index (χ1) is 12.2. The lowest BCUT2D eigenvalue weighted by Crippen LogP contribution is -2.31. The third kappa shape index (κ3) is 4.73. The van der Waals surface area contributed by atoms with Crippen molar-refractivity contribution in [1.29, 1.82) is 0 Å². The third-order valence-electron chi connectivity index (χ3n) is 4.43. The average Bonchev–Trinajstić information content (AvgIpc) is 3.16. The van der Waals surface area contributed by atoms with Crippen molar-refractivity contribution in [3.05, 3.63) is 54.6 Å². The Hall–Kier alpha value is -2.53. The van der Waals surface area contributed by atoms with E-state index in [-0.39, 0.29) is 12.1 Å². The number of rotatable bonds is 6. The van der Waals surface area contributed by atoms with Crippen LogP contribution in [0.4, 0.5) is 21.9 Å². The van der Waals surface area contributed by atoms with Gasteiger partial charge in [-0.15, -0.1) is 0 Å². The second kappa shape index (κ2) is 8.53. The molecular formula is C20H25N3O2. The molecule has 0 bridgehead atoms. The molecule has 5 nitrogen and oxygen atoms in total. The lowest BCUT2D eigenvalue weighted by atomic mass is 10.2. The minimum atomic E-state index is -0.188. The minimum absolute atomic E-state index is 0.188. The fourth-order valence-electron chi connectivity index (χ4n) is 3.05. The molecule has 0 aromatic heterocycles. The Bertz CT molecular complexity index is 684. The standard InChI is InChI=1S/C20H25N3O2/c1-23(16-8-3-2-4-9-16)19-12-6-5-11-18(19)22-20(24)21-14-13-17-10-7-15-25-17/h2-6,8-9,11-12,17H,7,10,13-15H2,1H3,(H2,21,22,24). The van der Waals surface area contributed by atoms with Gasteiger partial charge in [0.2, 0.25) is 0 Å². The van der Waals surface area contributed by atoms with Crippen molar-refractivity contribution in [2.75, 3.05) is 30.4 Å². The molecule has 0 spiro atoms. The van der Waals surface area contributed by atoms with Crippen molar-refractivity contribution in [1.82, 2.24) is 5.32 Å². The molecule has 1 aliphatic heterocycles. The molecule has 1 saturated heterocycles. The number of para-hydroxylation sites is 3. The lowest BCUT2D eigenvalue weighted by Gasteiger charge is -2.23. The van der Waals surface area contributed by atoms with Gasteiger partial charge in [0.1, 0.15) is 0 Å². The van der Waals surface area contributed by atoms with Gasteiger partial charge in [-0.1, -0.05) is 30.3 Å². The molecule has 3 rings (SSSR count). The van der Waals surface area contributed by atoms with E-state index in [1.807, 2.05) is 61.6 Å². The molecular weight excluding hydrogens is 314 g/mol. The van der Waals surface area contributed by atoms with Crippen molar-refractivity contribution in [3.63, 3.8) is 0 Å². The van der Waals surface area contributed by atoms with Crippen LogP contribution in [-0.4, -0.2) is 32.3 Å². The zero-order valence-electron chi connectivity index (χ0n) is 14.6. The average molecular weight is 339 g/mol. The molecule has 2 aromatic carbocycles. The van der Waals surface area contributed by atoms with E-state index in [1.54, 1.807) is 0 Å². The lowest BCUT2D eigenvalue weighted by molar-refractivity contribution is 0.105. The summed E-state index contributed by atoms with van der Waals surface area (Å²) in [5, 5.41) is 5.87. The smallest absolute Gasteiger partial charge is 0.319 e. The summed E-state index contributed by atoms with van der Waals surface area (Å²) >= 11 is 0. The van der Waals surface area contributed by atoms with Crippen LogP contribution in [0, 0.1) is 0 Å². The third-order valence-corrected chi connectivity index (χ3v) is 4.43. The van der Waals surface area contributed by atoms with Crippen LogP contribution in [0.1, 0.15) is 19.3 Å². The Balaban J connectivity index is 1.59. The highest BCUT2D eigenvalue weighted by Gasteiger charge is 2.15. The van der Waals surface area contributed by atoms with E-state index in [4.69, 9.17) is 4.74 Å². The summed E-state index contributed by atoms with van der Waals surface area (Å²) in [5.41, 5.74) is 2.79. The van der Waals surface area contributed by atoms with Gasteiger partial charge >= 0.3 is 6.03 Å². The molecule has 1 heterocycles. The first-order valence-electron chi connectivity index (χ1n) is 8.78. The summed E-state index contributed by atoms with van der Waals surface area (Å²) in [6.45, 7) is 1.46. The maximum absolute atomic E-state index is 12.2. The fourth-order valence-corrected chi connectivity index (χ4v) is 3.05. The van der Waals surface area contributed by atoms with E-state index in [0.29, 0.717) is 6.54 Å². The molecule has 0 saturated carbocycles. The minimum Gasteiger partial charge on any atom is -0.378 e. The first kappa shape index (κ1) is 17.3. The second-order valence-corrected chi connectivity index (χ2v) is 6.22. The fraction of sp³-hybridized carbons (Fsp3) is 0.350. The number of anilines is 3. The molecule has 132 valence electrons. The Morgan fingerprint density at radius 1 is 1.16 bits per heavy atom. The number of benzene rings is 2. The van der Waals surface area contributed by atoms with Gasteiger partial charge in [0.25, 0.3) is 0 Å². The Labute approximate surface area is 149 Å². The predicted octanol–water partition coefficient (Wildman–Crippen LogP) is 4.15. The molecule has 5 heteroatoms. The van der Waals surface area contributed by atoms with Crippen LogP contribution < -0.4 is 15.5 Å². The molecule has 1 fully saturated rings. The van der Waals surface area contributed by atoms with Gasteiger partial charge in [-0.3, -0.25) is 0 Å². The number of ether oxygens (including phenoxy) is 1. The van der Waals surface area contributed by atoms with Crippen molar-refractivity contribution >= 4 is 23.1 Å². The summed E-state index contributed by atoms with van der Waals surface area (Å²) in [5.74, 6) is 0. The van der Waals surface area contributed by atoms with E-state index in [1.165, 1.54) is 0 Å². The summed E-state index contributed by atoms with van der Waals surface area (Å²) in [7, 11) is 1.99. The Kier molecular flexibility index (Phi) is 5.90. The molecule has 0 radical (unpaired) electrons. The number of hydrogen-bond donors (Lipinski definition) is 2. The molecule has 25 heavy (non-hydrogen) atoms. The zero-order chi connectivity index (χ0) is 17.5. The Morgan fingerprint density at radius 2 is 1.92 bits per heavy atom. The number of nitrogens with zero attached hydrogens (tertiary/aromatic N) is 1. The van der Waals surface area contributed by atoms with Gasteiger partial charge in [0, 0.05) is 25.9 Å². The van der Waals surface area contributed by atoms with Crippen molar-refractivity contribution in [3.8, 4) is 0 Å². The maximum atomic E-state index is 12.2. The number of urea groups is 1. The van der Waals surface area contributed by atoms with Crippen molar-refractivity contribution in [2.45, 2.75) is 25.4 Å². The first-order valence-corrected chi connectivity index (χ1v) is 8.78. The molecule has 2 amide bonds. The highest BCUT2D eigenvalue weighted by atomic mass is 16.5. The molecule has 2 aromatic rings. The number of carbonyl (C=O) groups excluding carboxylic acids is 1. The van der Waals surface area contributed by atoms with Crippen LogP contribution in [0.3, 0.4) is 0 Å². The van der Waals surface area contributed by atoms with Gasteiger partial charge in [0.15, 0.2) is 0 Å². The van der Waals surface area contributed by atoms with Crippen LogP contribution in [0.25, 0.3) is 0 Å². The number of carbonyl (C=O) groups is 1. The van der Waals surface area contributed by atoms with Crippen molar-refractivity contribution in [2.24, 2.45) is 0 Å². The van der Waals surface area contributed by atoms with Crippen molar-refractivity contribution < 1.29 is 9.53 Å². The van der Waals surface area contributed by atoms with Gasteiger partial charge in [-0.2, -0.15) is 0 Å². The van der Waals surface area contributed by atoms with E-state index in [0.717, 1.165) is 42.9 Å². The van der Waals surface area contributed by atoms with Gasteiger partial charge in [0.05, 0.1) is 17.5 Å². The van der Waals surface area contributed by atoms with Crippen LogP contribution in [0.2, 0.25) is 0 Å². The van der Waals surface area contributed by atoms with Crippen LogP contribution in [0.5, 0.6) is 0 Å². The van der Waals surface area contributed by atoms with Gasteiger partial charge in [-0.25, -0.2) is 4.79 Å². The number of nitrogens with one attached hydrogen (secondary N) is 2. The van der Waals surface area contributed by atoms with Gasteiger partial charge in [-0.05, 0) is 43.5 Å². The predicted molar refractivity (Wildman–Crippen MR) is 102 cm³/mol. The summed E-state index contributed by atoms with van der Waals surface area (Å²) in [6, 6.07) is 17.7. The topological polar surface area (TPSA) is 53.6 Å². The van der Waals surface area contributed by atoms with Gasteiger partial charge < -0.3 is 20.3 Å². The normalized spacial score (nSPS) is 16.4. The second-order valence-electron chi connectivity index (χ2n) is 6.22. The largest absolute Gasteiger partial charge is 0.378 e. The highest BCUT2D eigenvalue weighted by Crippen LogP contribution is 2.30. The van der Waals surface area contributed by atoms with Crippen LogP contribution in [0.15, 0.2) is 54.6 Å². The maximum Gasteiger partial charge on any atom is 0.319 e. The SMILES string of the molecule is CN(c1ccccc1)c1ccccc1NC(=O)NCCC1CCCO1. The monoisotopic (exact) mass is 339 g/mol. The molecule has 0 aliphatic carbocycles. The van der Waals surface area contributed by atoms with Crippen LogP contribution in [-0.2, 0) is 4.74 Å². The molecule has 1 aliphatic rings. The Morgan fingerprint density at radius 3 is 2.68 bits per heavy atom. The number of hydrogen-bond acceptors (Lipinski definition) is 3. The van der Waals surface area contributed by atoms with E-state index < -0.39 is 0 Å². The number of amides is 2. The summed E-state index contributed by atoms with van der Waals surface area (Å²) in [4.78, 5) is 14.3. The summed E-state index contributed by atoms with van der Waals surface area (Å²) in [6.07, 6.45) is 3.36. The van der Waals surface area contributed by atoms with Crippen LogP contribution >= 0.6 is 0 Å². The van der Waals surface area contributed by atoms with E-state index >= 15 is 0 Å². The quantitative estimate of drug-likeness (QED) is 0.831. The molecule has 1 unspecified atom stereocenters. The molecule has 1 atom stereocenters. The summed E-state index contributed by atoms with van der Waals surface area (Å²) < 4.78 is 5.57.